The molecule has 1 N–H and O–H groups in total. The van der Waals surface area contributed by atoms with Crippen molar-refractivity contribution in [1.29, 1.82) is 0 Å². The van der Waals surface area contributed by atoms with Crippen LogP contribution in [0.3, 0.4) is 0 Å². The lowest BCUT2D eigenvalue weighted by Crippen LogP contribution is -2.45. The van der Waals surface area contributed by atoms with E-state index in [1.54, 1.807) is 0 Å². The molecule has 19 heavy (non-hydrogen) atoms. The van der Waals surface area contributed by atoms with Crippen molar-refractivity contribution in [2.45, 2.75) is 65.1 Å². The minimum atomic E-state index is -0.744. The second-order valence-electron chi connectivity index (χ2n) is 6.36. The molecule has 0 saturated carbocycles. The fraction of sp³-hybridized carbons (Fsp3) is 0.647. The van der Waals surface area contributed by atoms with Crippen molar-refractivity contribution in [2.24, 2.45) is 0 Å². The van der Waals surface area contributed by atoms with E-state index in [0.29, 0.717) is 19.4 Å². The van der Waals surface area contributed by atoms with Crippen LogP contribution < -0.4 is 0 Å². The highest BCUT2D eigenvalue weighted by molar-refractivity contribution is 5.40. The molecule has 0 aromatic heterocycles. The Bertz CT molecular complexity index is 480. The van der Waals surface area contributed by atoms with Crippen molar-refractivity contribution in [1.82, 2.24) is 0 Å². The summed E-state index contributed by atoms with van der Waals surface area (Å²) in [6, 6.07) is 4.34. The van der Waals surface area contributed by atoms with Gasteiger partial charge in [-0.25, -0.2) is 0 Å². The molecule has 106 valence electrons. The van der Waals surface area contributed by atoms with Crippen LogP contribution in [-0.4, -0.2) is 17.3 Å². The molecule has 1 aromatic rings. The first-order chi connectivity index (χ1) is 8.80. The molecular weight excluding hydrogens is 236 g/mol. The second-order valence-corrected chi connectivity index (χ2v) is 6.36. The maximum atomic E-state index is 11.1. The monoisotopic (exact) mass is 262 g/mol. The Balaban J connectivity index is 2.42. The van der Waals surface area contributed by atoms with Gasteiger partial charge in [0, 0.05) is 12.8 Å². The summed E-state index contributed by atoms with van der Waals surface area (Å²) in [4.78, 5) is 0. The normalized spacial score (nSPS) is 31.5. The Morgan fingerprint density at radius 3 is 2.42 bits per heavy atom. The van der Waals surface area contributed by atoms with Gasteiger partial charge in [-0.1, -0.05) is 19.1 Å². The van der Waals surface area contributed by atoms with Crippen molar-refractivity contribution in [2.75, 3.05) is 6.61 Å². The van der Waals surface area contributed by atoms with Gasteiger partial charge in [0.1, 0.15) is 0 Å². The van der Waals surface area contributed by atoms with Crippen LogP contribution in [0.25, 0.3) is 0 Å². The molecule has 1 aromatic carbocycles. The average Bonchev–Trinajstić information content (AvgIpc) is 2.33. The molecule has 0 aliphatic carbocycles. The highest BCUT2D eigenvalue weighted by Crippen LogP contribution is 2.42. The van der Waals surface area contributed by atoms with E-state index in [4.69, 9.17) is 4.74 Å². The fourth-order valence-electron chi connectivity index (χ4n) is 3.14. The Hall–Kier alpha value is -0.860. The lowest BCUT2D eigenvalue weighted by molar-refractivity contribution is -0.157. The molecule has 2 nitrogen and oxygen atoms in total. The van der Waals surface area contributed by atoms with Crippen molar-refractivity contribution in [3.05, 3.63) is 34.4 Å². The van der Waals surface area contributed by atoms with E-state index in [9.17, 15) is 5.11 Å². The van der Waals surface area contributed by atoms with Gasteiger partial charge in [-0.2, -0.15) is 0 Å². The third-order valence-corrected chi connectivity index (χ3v) is 4.72. The number of benzene rings is 1. The number of aryl methyl sites for hydroxylation is 3. The van der Waals surface area contributed by atoms with Gasteiger partial charge in [-0.05, 0) is 56.4 Å². The van der Waals surface area contributed by atoms with Gasteiger partial charge in [0.25, 0.3) is 0 Å². The van der Waals surface area contributed by atoms with E-state index in [1.165, 1.54) is 16.7 Å². The molecule has 0 amide bonds. The summed E-state index contributed by atoms with van der Waals surface area (Å²) in [5.41, 5.74) is 3.85. The third kappa shape index (κ3) is 2.70. The van der Waals surface area contributed by atoms with Gasteiger partial charge in [0.2, 0.25) is 0 Å². The molecule has 1 aliphatic rings. The summed E-state index contributed by atoms with van der Waals surface area (Å²) < 4.78 is 5.87. The zero-order valence-electron chi connectivity index (χ0n) is 12.8. The zero-order valence-corrected chi connectivity index (χ0v) is 12.8. The predicted molar refractivity (Wildman–Crippen MR) is 78.4 cm³/mol. The van der Waals surface area contributed by atoms with E-state index < -0.39 is 5.60 Å². The number of rotatable bonds is 2. The van der Waals surface area contributed by atoms with Crippen LogP contribution in [0.5, 0.6) is 0 Å². The highest BCUT2D eigenvalue weighted by atomic mass is 16.5. The van der Waals surface area contributed by atoms with E-state index in [1.807, 2.05) is 0 Å². The third-order valence-electron chi connectivity index (χ3n) is 4.72. The first-order valence-electron chi connectivity index (χ1n) is 7.24. The lowest BCUT2D eigenvalue weighted by atomic mass is 9.75. The van der Waals surface area contributed by atoms with E-state index in [0.717, 1.165) is 12.0 Å². The van der Waals surface area contributed by atoms with Gasteiger partial charge in [-0.15, -0.1) is 0 Å². The number of aliphatic hydroxyl groups is 1. The Morgan fingerprint density at radius 2 is 1.79 bits per heavy atom. The summed E-state index contributed by atoms with van der Waals surface area (Å²) in [6.45, 7) is 11.2. The van der Waals surface area contributed by atoms with Crippen LogP contribution in [0, 0.1) is 20.8 Å². The number of ether oxygens (including phenoxy) is 1. The first kappa shape index (κ1) is 14.5. The number of hydrogen-bond acceptors (Lipinski definition) is 2. The van der Waals surface area contributed by atoms with Gasteiger partial charge in [0.15, 0.2) is 0 Å². The minimum absolute atomic E-state index is 0.210. The maximum Gasteiger partial charge on any atom is 0.0948 e. The van der Waals surface area contributed by atoms with Crippen LogP contribution in [0.1, 0.15) is 55.4 Å². The van der Waals surface area contributed by atoms with E-state index >= 15 is 0 Å². The standard InChI is InChI=1S/C17H26O2/c1-6-16(5)11-17(18,7-8-19-16)15-10-13(3)12(2)9-14(15)4/h9-10,18H,6-8,11H2,1-5H3. The van der Waals surface area contributed by atoms with Gasteiger partial charge in [-0.3, -0.25) is 0 Å². The van der Waals surface area contributed by atoms with Crippen molar-refractivity contribution in [3.63, 3.8) is 0 Å². The van der Waals surface area contributed by atoms with Crippen molar-refractivity contribution < 1.29 is 9.84 Å². The molecular formula is C17H26O2. The zero-order chi connectivity index (χ0) is 14.3. The summed E-state index contributed by atoms with van der Waals surface area (Å²) in [6.07, 6.45) is 2.30. The fourth-order valence-corrected chi connectivity index (χ4v) is 3.14. The van der Waals surface area contributed by atoms with Gasteiger partial charge < -0.3 is 9.84 Å². The van der Waals surface area contributed by atoms with Crippen LogP contribution in [0.4, 0.5) is 0 Å². The van der Waals surface area contributed by atoms with Crippen LogP contribution in [-0.2, 0) is 10.3 Å². The Morgan fingerprint density at radius 1 is 1.16 bits per heavy atom. The number of hydrogen-bond donors (Lipinski definition) is 1. The van der Waals surface area contributed by atoms with Gasteiger partial charge >= 0.3 is 0 Å². The van der Waals surface area contributed by atoms with Crippen LogP contribution >= 0.6 is 0 Å². The highest BCUT2D eigenvalue weighted by Gasteiger charge is 2.42. The second kappa shape index (κ2) is 4.92. The maximum absolute atomic E-state index is 11.1. The molecule has 2 heteroatoms. The molecule has 1 fully saturated rings. The van der Waals surface area contributed by atoms with Crippen LogP contribution in [0.15, 0.2) is 12.1 Å². The molecule has 2 unspecified atom stereocenters. The smallest absolute Gasteiger partial charge is 0.0948 e. The molecule has 2 atom stereocenters. The summed E-state index contributed by atoms with van der Waals surface area (Å²) in [7, 11) is 0. The lowest BCUT2D eigenvalue weighted by Gasteiger charge is -2.44. The van der Waals surface area contributed by atoms with Gasteiger partial charge in [0.05, 0.1) is 17.8 Å². The molecule has 1 heterocycles. The topological polar surface area (TPSA) is 29.5 Å². The van der Waals surface area contributed by atoms with Crippen LogP contribution in [0.2, 0.25) is 0 Å². The van der Waals surface area contributed by atoms with E-state index in [2.05, 4.69) is 46.8 Å². The molecule has 0 bridgehead atoms. The SMILES string of the molecule is CCC1(C)CC(O)(c2cc(C)c(C)cc2C)CCO1. The first-order valence-corrected chi connectivity index (χ1v) is 7.24. The van der Waals surface area contributed by atoms with E-state index in [-0.39, 0.29) is 5.60 Å². The molecule has 1 saturated heterocycles. The molecule has 1 aliphatic heterocycles. The summed E-state index contributed by atoms with van der Waals surface area (Å²) >= 11 is 0. The minimum Gasteiger partial charge on any atom is -0.385 e. The van der Waals surface area contributed by atoms with Crippen molar-refractivity contribution in [3.8, 4) is 0 Å². The predicted octanol–water partition coefficient (Wildman–Crippen LogP) is 3.78. The van der Waals surface area contributed by atoms with Crippen molar-refractivity contribution >= 4 is 0 Å². The molecule has 2 rings (SSSR count). The Kier molecular flexibility index (Phi) is 3.76. The Labute approximate surface area is 116 Å². The largest absolute Gasteiger partial charge is 0.385 e. The quantitative estimate of drug-likeness (QED) is 0.879. The molecule has 0 radical (unpaired) electrons. The summed E-state index contributed by atoms with van der Waals surface area (Å²) in [5, 5.41) is 11.1. The summed E-state index contributed by atoms with van der Waals surface area (Å²) in [5.74, 6) is 0. The average molecular weight is 262 g/mol. The molecule has 0 spiro atoms.